The summed E-state index contributed by atoms with van der Waals surface area (Å²) in [6.07, 6.45) is 0. The first-order chi connectivity index (χ1) is 10.0. The van der Waals surface area contributed by atoms with Gasteiger partial charge in [0, 0.05) is 31.1 Å². The van der Waals surface area contributed by atoms with Crippen LogP contribution in [0.15, 0.2) is 18.2 Å². The Morgan fingerprint density at radius 2 is 2.14 bits per heavy atom. The average Bonchev–Trinajstić information content (AvgIpc) is 2.69. The number of hydrogen-bond donors (Lipinski definition) is 1. The molecule has 2 aliphatic rings. The van der Waals surface area contributed by atoms with Gasteiger partial charge in [0.1, 0.15) is 5.75 Å². The number of carbonyl (C=O) groups excluding carboxylic acids is 1. The standard InChI is InChI=1S/C15H19ClN2O3/c1-17-5-10-6-18(7-12(17)9-21-8-10)15(20)11-2-3-14(19)13(16)4-11/h2-4,10,12,19H,5-9H2,1H3/t10-,12+/m1/s1. The molecule has 0 radical (unpaired) electrons. The van der Waals surface area contributed by atoms with E-state index >= 15 is 0 Å². The van der Waals surface area contributed by atoms with E-state index < -0.39 is 0 Å². The highest BCUT2D eigenvalue weighted by Crippen LogP contribution is 2.25. The maximum atomic E-state index is 12.7. The Kier molecular flexibility index (Phi) is 4.06. The minimum Gasteiger partial charge on any atom is -0.506 e. The molecule has 0 unspecified atom stereocenters. The molecule has 114 valence electrons. The van der Waals surface area contributed by atoms with E-state index in [1.54, 1.807) is 6.07 Å². The molecule has 2 atom stereocenters. The molecule has 1 N–H and O–H groups in total. The molecule has 0 saturated carbocycles. The van der Waals surface area contributed by atoms with Crippen molar-refractivity contribution in [2.75, 3.05) is 39.9 Å². The molecule has 2 saturated heterocycles. The minimum atomic E-state index is -0.0379. The topological polar surface area (TPSA) is 53.0 Å². The van der Waals surface area contributed by atoms with E-state index in [9.17, 15) is 9.90 Å². The van der Waals surface area contributed by atoms with Gasteiger partial charge in [-0.05, 0) is 25.2 Å². The second-order valence-electron chi connectivity index (χ2n) is 5.87. The van der Waals surface area contributed by atoms with Crippen LogP contribution in [0.2, 0.25) is 5.02 Å². The molecule has 3 rings (SSSR count). The van der Waals surface area contributed by atoms with Crippen molar-refractivity contribution in [3.8, 4) is 5.75 Å². The number of carbonyl (C=O) groups is 1. The Morgan fingerprint density at radius 3 is 2.90 bits per heavy atom. The van der Waals surface area contributed by atoms with Crippen LogP contribution in [0.1, 0.15) is 10.4 Å². The number of phenols is 1. The zero-order valence-corrected chi connectivity index (χ0v) is 12.7. The van der Waals surface area contributed by atoms with Crippen LogP contribution in [0.4, 0.5) is 0 Å². The summed E-state index contributed by atoms with van der Waals surface area (Å²) in [4.78, 5) is 16.8. The van der Waals surface area contributed by atoms with E-state index in [2.05, 4.69) is 11.9 Å². The number of likely N-dealkylation sites (N-methyl/N-ethyl adjacent to an activating group) is 1. The van der Waals surface area contributed by atoms with E-state index in [0.717, 1.165) is 6.54 Å². The summed E-state index contributed by atoms with van der Waals surface area (Å²) in [7, 11) is 2.08. The molecule has 21 heavy (non-hydrogen) atoms. The predicted octanol–water partition coefficient (Wildman–Crippen LogP) is 1.45. The van der Waals surface area contributed by atoms with Crippen molar-refractivity contribution in [2.24, 2.45) is 5.92 Å². The lowest BCUT2D eigenvalue weighted by molar-refractivity contribution is 0.0434. The monoisotopic (exact) mass is 310 g/mol. The van der Waals surface area contributed by atoms with E-state index in [0.29, 0.717) is 37.8 Å². The number of fused-ring (bicyclic) bond motifs is 3. The van der Waals surface area contributed by atoms with Crippen LogP contribution in [-0.4, -0.2) is 66.8 Å². The van der Waals surface area contributed by atoms with Crippen LogP contribution in [0.3, 0.4) is 0 Å². The Balaban J connectivity index is 1.82. The van der Waals surface area contributed by atoms with Crippen molar-refractivity contribution in [1.82, 2.24) is 9.80 Å². The fourth-order valence-electron chi connectivity index (χ4n) is 3.04. The maximum absolute atomic E-state index is 12.7. The van der Waals surface area contributed by atoms with Gasteiger partial charge in [0.2, 0.25) is 0 Å². The van der Waals surface area contributed by atoms with E-state index in [1.807, 2.05) is 4.90 Å². The fraction of sp³-hybridized carbons (Fsp3) is 0.533. The lowest BCUT2D eigenvalue weighted by Gasteiger charge is -2.29. The number of benzene rings is 1. The minimum absolute atomic E-state index is 0.00548. The van der Waals surface area contributed by atoms with Gasteiger partial charge in [-0.25, -0.2) is 0 Å². The highest BCUT2D eigenvalue weighted by molar-refractivity contribution is 6.32. The number of aromatic hydroxyl groups is 1. The molecule has 2 fully saturated rings. The van der Waals surface area contributed by atoms with E-state index in [4.69, 9.17) is 16.3 Å². The largest absolute Gasteiger partial charge is 0.506 e. The summed E-state index contributed by atoms with van der Waals surface area (Å²) in [5.41, 5.74) is 0.515. The van der Waals surface area contributed by atoms with Crippen molar-refractivity contribution < 1.29 is 14.6 Å². The molecule has 2 bridgehead atoms. The molecule has 2 heterocycles. The Hall–Kier alpha value is -1.30. The van der Waals surface area contributed by atoms with Crippen LogP contribution in [-0.2, 0) is 4.74 Å². The number of amides is 1. The smallest absolute Gasteiger partial charge is 0.253 e. The Morgan fingerprint density at radius 1 is 1.33 bits per heavy atom. The predicted molar refractivity (Wildman–Crippen MR) is 79.7 cm³/mol. The second-order valence-corrected chi connectivity index (χ2v) is 6.28. The average molecular weight is 311 g/mol. The Labute approximate surface area is 129 Å². The first-order valence-electron chi connectivity index (χ1n) is 7.10. The fourth-order valence-corrected chi connectivity index (χ4v) is 3.22. The lowest BCUT2D eigenvalue weighted by Crippen LogP contribution is -2.44. The van der Waals surface area contributed by atoms with E-state index in [-0.39, 0.29) is 22.7 Å². The van der Waals surface area contributed by atoms with E-state index in [1.165, 1.54) is 12.1 Å². The van der Waals surface area contributed by atoms with Crippen molar-refractivity contribution >= 4 is 17.5 Å². The van der Waals surface area contributed by atoms with Crippen LogP contribution >= 0.6 is 11.6 Å². The number of rotatable bonds is 1. The van der Waals surface area contributed by atoms with Gasteiger partial charge in [-0.2, -0.15) is 0 Å². The van der Waals surface area contributed by atoms with Gasteiger partial charge in [0.05, 0.1) is 24.3 Å². The SMILES string of the molecule is CN1C[C@H]2COC[C@@H]1CN(C(=O)c1ccc(O)c(Cl)c1)C2. The molecule has 0 spiro atoms. The third-order valence-electron chi connectivity index (χ3n) is 4.22. The summed E-state index contributed by atoms with van der Waals surface area (Å²) < 4.78 is 5.67. The number of phenolic OH excluding ortho intramolecular Hbond substituents is 1. The van der Waals surface area contributed by atoms with Gasteiger partial charge >= 0.3 is 0 Å². The normalized spacial score (nSPS) is 26.5. The maximum Gasteiger partial charge on any atom is 0.253 e. The molecule has 0 aromatic heterocycles. The van der Waals surface area contributed by atoms with Gasteiger partial charge in [0.15, 0.2) is 0 Å². The molecule has 2 aliphatic heterocycles. The number of nitrogens with zero attached hydrogens (tertiary/aromatic N) is 2. The summed E-state index contributed by atoms with van der Waals surface area (Å²) in [5.74, 6) is 0.289. The number of hydrogen-bond acceptors (Lipinski definition) is 4. The number of ether oxygens (including phenoxy) is 1. The van der Waals surface area contributed by atoms with Crippen LogP contribution in [0, 0.1) is 5.92 Å². The van der Waals surface area contributed by atoms with Gasteiger partial charge in [-0.1, -0.05) is 11.6 Å². The van der Waals surface area contributed by atoms with Crippen molar-refractivity contribution in [3.63, 3.8) is 0 Å². The van der Waals surface area contributed by atoms with Gasteiger partial charge in [-0.15, -0.1) is 0 Å². The third kappa shape index (κ3) is 3.00. The summed E-state index contributed by atoms with van der Waals surface area (Å²) in [6, 6.07) is 4.84. The third-order valence-corrected chi connectivity index (χ3v) is 4.53. The first-order valence-corrected chi connectivity index (χ1v) is 7.48. The van der Waals surface area contributed by atoms with Gasteiger partial charge in [-0.3, -0.25) is 9.69 Å². The second kappa shape index (κ2) is 5.83. The summed E-state index contributed by atoms with van der Waals surface area (Å²) >= 11 is 5.90. The quantitative estimate of drug-likeness (QED) is 0.853. The van der Waals surface area contributed by atoms with Crippen LogP contribution in [0.25, 0.3) is 0 Å². The lowest BCUT2D eigenvalue weighted by atomic mass is 10.1. The molecule has 1 aromatic carbocycles. The first kappa shape index (κ1) is 14.6. The molecule has 0 aliphatic carbocycles. The molecule has 5 nitrogen and oxygen atoms in total. The van der Waals surface area contributed by atoms with Crippen LogP contribution < -0.4 is 0 Å². The highest BCUT2D eigenvalue weighted by atomic mass is 35.5. The summed E-state index contributed by atoms with van der Waals surface area (Å²) in [6.45, 7) is 3.65. The van der Waals surface area contributed by atoms with Crippen LogP contribution in [0.5, 0.6) is 5.75 Å². The summed E-state index contributed by atoms with van der Waals surface area (Å²) in [5, 5.41) is 9.67. The Bertz CT molecular complexity index is 552. The van der Waals surface area contributed by atoms with Crippen molar-refractivity contribution in [2.45, 2.75) is 6.04 Å². The molecular formula is C15H19ClN2O3. The highest BCUT2D eigenvalue weighted by Gasteiger charge is 2.33. The van der Waals surface area contributed by atoms with Crippen molar-refractivity contribution in [1.29, 1.82) is 0 Å². The zero-order valence-electron chi connectivity index (χ0n) is 12.0. The zero-order chi connectivity index (χ0) is 15.0. The molecule has 1 aromatic rings. The molecule has 6 heteroatoms. The van der Waals surface area contributed by atoms with Gasteiger partial charge < -0.3 is 14.7 Å². The molecular weight excluding hydrogens is 292 g/mol. The van der Waals surface area contributed by atoms with Gasteiger partial charge in [0.25, 0.3) is 5.91 Å². The number of halogens is 1. The molecule has 1 amide bonds. The van der Waals surface area contributed by atoms with Crippen molar-refractivity contribution in [3.05, 3.63) is 28.8 Å².